The fourth-order valence-electron chi connectivity index (χ4n) is 1.47. The number of benzene rings is 1. The molecule has 76 valence electrons. The highest BCUT2D eigenvalue weighted by Crippen LogP contribution is 2.22. The highest BCUT2D eigenvalue weighted by atomic mass is 32.1. The molecule has 15 heavy (non-hydrogen) atoms. The second-order valence-electron chi connectivity index (χ2n) is 3.30. The molecule has 1 heterocycles. The zero-order valence-electron chi connectivity index (χ0n) is 8.53. The number of fused-ring (bicyclic) bond motifs is 1. The van der Waals surface area contributed by atoms with E-state index in [1.165, 1.54) is 0 Å². The Labute approximate surface area is 94.3 Å². The van der Waals surface area contributed by atoms with Crippen molar-refractivity contribution >= 4 is 33.7 Å². The topological polar surface area (TPSA) is 24.9 Å². The van der Waals surface area contributed by atoms with Crippen molar-refractivity contribution in [2.45, 2.75) is 13.3 Å². The summed E-state index contributed by atoms with van der Waals surface area (Å²) in [6.07, 6.45) is 4.51. The van der Waals surface area contributed by atoms with Gasteiger partial charge in [-0.2, -0.15) is 0 Å². The predicted octanol–water partition coefficient (Wildman–Crippen LogP) is 3.38. The van der Waals surface area contributed by atoms with Crippen molar-refractivity contribution in [1.82, 2.24) is 4.98 Å². The molecule has 0 radical (unpaired) electrons. The molecular formula is C12H12N2S. The van der Waals surface area contributed by atoms with Crippen LogP contribution >= 0.6 is 12.2 Å². The molecule has 1 N–H and O–H groups in total. The van der Waals surface area contributed by atoms with E-state index in [0.29, 0.717) is 0 Å². The van der Waals surface area contributed by atoms with Gasteiger partial charge in [-0.15, -0.1) is 0 Å². The van der Waals surface area contributed by atoms with Crippen LogP contribution in [-0.2, 0) is 0 Å². The summed E-state index contributed by atoms with van der Waals surface area (Å²) in [5.41, 5.74) is 1.06. The first-order chi connectivity index (χ1) is 7.31. The smallest absolute Gasteiger partial charge is 0.0794 e. The van der Waals surface area contributed by atoms with Crippen molar-refractivity contribution in [1.29, 1.82) is 0 Å². The summed E-state index contributed by atoms with van der Waals surface area (Å²) in [5, 5.41) is 5.52. The molecule has 0 saturated heterocycles. The average Bonchev–Trinajstić information content (AvgIpc) is 2.29. The first kappa shape index (κ1) is 10.1. The third-order valence-corrected chi connectivity index (χ3v) is 2.67. The molecule has 0 aliphatic rings. The molecule has 1 aromatic heterocycles. The highest BCUT2D eigenvalue weighted by molar-refractivity contribution is 7.80. The van der Waals surface area contributed by atoms with Crippen molar-refractivity contribution in [3.63, 3.8) is 0 Å². The Morgan fingerprint density at radius 2 is 2.27 bits per heavy atom. The van der Waals surface area contributed by atoms with E-state index < -0.39 is 0 Å². The monoisotopic (exact) mass is 216 g/mol. The Morgan fingerprint density at radius 3 is 3.07 bits per heavy atom. The summed E-state index contributed by atoms with van der Waals surface area (Å²) in [5.74, 6) is 0. The van der Waals surface area contributed by atoms with Gasteiger partial charge in [-0.05, 0) is 18.6 Å². The molecule has 3 heteroatoms. The maximum absolute atomic E-state index is 5.17. The number of pyridine rings is 1. The van der Waals surface area contributed by atoms with Crippen LogP contribution in [0.5, 0.6) is 0 Å². The van der Waals surface area contributed by atoms with Crippen LogP contribution in [0.4, 0.5) is 5.69 Å². The second-order valence-corrected chi connectivity index (χ2v) is 3.80. The van der Waals surface area contributed by atoms with Crippen LogP contribution in [0.2, 0.25) is 0 Å². The van der Waals surface area contributed by atoms with E-state index in [0.717, 1.165) is 27.9 Å². The Kier molecular flexibility index (Phi) is 2.92. The Balaban J connectivity index is 2.46. The molecule has 2 nitrogen and oxygen atoms in total. The standard InChI is InChI=1S/C12H12N2S/c1-2-12(15)14-11-5-3-4-9-8-13-7-6-10(9)11/h3-8H,2H2,1H3,(H,14,15). The second kappa shape index (κ2) is 4.36. The number of rotatable bonds is 2. The Morgan fingerprint density at radius 1 is 1.40 bits per heavy atom. The predicted molar refractivity (Wildman–Crippen MR) is 68.3 cm³/mol. The molecule has 0 saturated carbocycles. The Bertz CT molecular complexity index is 488. The normalized spacial score (nSPS) is 10.2. The minimum atomic E-state index is 0.858. The lowest BCUT2D eigenvalue weighted by molar-refractivity contribution is 1.31. The van der Waals surface area contributed by atoms with Crippen LogP contribution in [-0.4, -0.2) is 9.97 Å². The Hall–Kier alpha value is -1.48. The van der Waals surface area contributed by atoms with Gasteiger partial charge in [0, 0.05) is 28.9 Å². The molecule has 0 aliphatic carbocycles. The molecule has 0 spiro atoms. The molecule has 0 bridgehead atoms. The van der Waals surface area contributed by atoms with Gasteiger partial charge in [0.15, 0.2) is 0 Å². The van der Waals surface area contributed by atoms with Gasteiger partial charge in [0.05, 0.1) is 4.99 Å². The SMILES string of the molecule is CCC(=S)Nc1cccc2cnccc12. The highest BCUT2D eigenvalue weighted by Gasteiger charge is 2.00. The molecule has 1 aromatic carbocycles. The van der Waals surface area contributed by atoms with Gasteiger partial charge in [0.1, 0.15) is 0 Å². The van der Waals surface area contributed by atoms with Crippen LogP contribution in [0.25, 0.3) is 10.8 Å². The zero-order valence-corrected chi connectivity index (χ0v) is 9.34. The lowest BCUT2D eigenvalue weighted by atomic mass is 10.1. The van der Waals surface area contributed by atoms with Crippen molar-refractivity contribution < 1.29 is 0 Å². The fraction of sp³-hybridized carbons (Fsp3) is 0.167. The summed E-state index contributed by atoms with van der Waals surface area (Å²) in [6, 6.07) is 8.08. The van der Waals surface area contributed by atoms with Crippen LogP contribution in [0.3, 0.4) is 0 Å². The van der Waals surface area contributed by atoms with E-state index in [1.54, 1.807) is 6.20 Å². The van der Waals surface area contributed by atoms with E-state index in [2.05, 4.69) is 10.3 Å². The van der Waals surface area contributed by atoms with Crippen LogP contribution in [0.15, 0.2) is 36.7 Å². The number of hydrogen-bond acceptors (Lipinski definition) is 2. The maximum Gasteiger partial charge on any atom is 0.0794 e. The van der Waals surface area contributed by atoms with Crippen molar-refractivity contribution in [3.8, 4) is 0 Å². The summed E-state index contributed by atoms with van der Waals surface area (Å²) in [4.78, 5) is 4.95. The number of aromatic nitrogens is 1. The van der Waals surface area contributed by atoms with Crippen LogP contribution in [0.1, 0.15) is 13.3 Å². The largest absolute Gasteiger partial charge is 0.350 e. The number of nitrogens with one attached hydrogen (secondary N) is 1. The fourth-order valence-corrected chi connectivity index (χ4v) is 1.58. The minimum Gasteiger partial charge on any atom is -0.350 e. The molecule has 0 unspecified atom stereocenters. The van der Waals surface area contributed by atoms with Gasteiger partial charge in [-0.3, -0.25) is 4.98 Å². The van der Waals surface area contributed by atoms with E-state index in [9.17, 15) is 0 Å². The molecule has 0 amide bonds. The minimum absolute atomic E-state index is 0.858. The first-order valence-electron chi connectivity index (χ1n) is 4.94. The van der Waals surface area contributed by atoms with E-state index >= 15 is 0 Å². The van der Waals surface area contributed by atoms with E-state index in [1.807, 2.05) is 37.4 Å². The number of hydrogen-bond donors (Lipinski definition) is 1. The van der Waals surface area contributed by atoms with Crippen molar-refractivity contribution in [2.24, 2.45) is 0 Å². The van der Waals surface area contributed by atoms with Crippen molar-refractivity contribution in [3.05, 3.63) is 36.7 Å². The number of anilines is 1. The van der Waals surface area contributed by atoms with Gasteiger partial charge in [0.2, 0.25) is 0 Å². The molecule has 0 atom stereocenters. The average molecular weight is 216 g/mol. The van der Waals surface area contributed by atoms with Gasteiger partial charge in [0.25, 0.3) is 0 Å². The summed E-state index contributed by atoms with van der Waals surface area (Å²) >= 11 is 5.17. The van der Waals surface area contributed by atoms with E-state index in [4.69, 9.17) is 12.2 Å². The zero-order chi connectivity index (χ0) is 10.7. The van der Waals surface area contributed by atoms with Crippen LogP contribution < -0.4 is 5.32 Å². The summed E-state index contributed by atoms with van der Waals surface area (Å²) in [6.45, 7) is 2.04. The summed E-state index contributed by atoms with van der Waals surface area (Å²) < 4.78 is 0. The first-order valence-corrected chi connectivity index (χ1v) is 5.34. The lowest BCUT2D eigenvalue weighted by Gasteiger charge is -2.08. The molecule has 0 aliphatic heterocycles. The number of thiocarbonyl (C=S) groups is 1. The third-order valence-electron chi connectivity index (χ3n) is 2.28. The molecule has 0 fully saturated rings. The molecule has 2 rings (SSSR count). The van der Waals surface area contributed by atoms with Gasteiger partial charge in [-0.1, -0.05) is 31.3 Å². The molecular weight excluding hydrogens is 204 g/mol. The molecule has 2 aromatic rings. The van der Waals surface area contributed by atoms with Gasteiger partial charge >= 0.3 is 0 Å². The van der Waals surface area contributed by atoms with Gasteiger partial charge in [-0.25, -0.2) is 0 Å². The number of nitrogens with zero attached hydrogens (tertiary/aromatic N) is 1. The van der Waals surface area contributed by atoms with Crippen LogP contribution in [0, 0.1) is 0 Å². The quantitative estimate of drug-likeness (QED) is 0.779. The van der Waals surface area contributed by atoms with E-state index in [-0.39, 0.29) is 0 Å². The lowest BCUT2D eigenvalue weighted by Crippen LogP contribution is -2.07. The maximum atomic E-state index is 5.17. The van der Waals surface area contributed by atoms with Gasteiger partial charge < -0.3 is 5.32 Å². The summed E-state index contributed by atoms with van der Waals surface area (Å²) in [7, 11) is 0. The van der Waals surface area contributed by atoms with Crippen molar-refractivity contribution in [2.75, 3.05) is 5.32 Å². The third kappa shape index (κ3) is 2.13.